The second-order valence-electron chi connectivity index (χ2n) is 5.09. The lowest BCUT2D eigenvalue weighted by atomic mass is 10.3. The summed E-state index contributed by atoms with van der Waals surface area (Å²) < 4.78 is 2.41. The van der Waals surface area contributed by atoms with Gasteiger partial charge in [-0.05, 0) is 25.1 Å². The Morgan fingerprint density at radius 1 is 1.28 bits per heavy atom. The first-order chi connectivity index (χ1) is 12.0. The van der Waals surface area contributed by atoms with E-state index in [9.17, 15) is 9.59 Å². The van der Waals surface area contributed by atoms with Gasteiger partial charge in [0.2, 0.25) is 11.7 Å². The highest BCUT2D eigenvalue weighted by atomic mass is 79.9. The van der Waals surface area contributed by atoms with Crippen LogP contribution >= 0.6 is 27.5 Å². The first-order valence-electron chi connectivity index (χ1n) is 7.12. The van der Waals surface area contributed by atoms with Gasteiger partial charge in [0.15, 0.2) is 5.65 Å². The Labute approximate surface area is 155 Å². The molecule has 0 saturated carbocycles. The second kappa shape index (κ2) is 7.16. The molecule has 2 amide bonds. The SMILES string of the molecule is Cc1ncc(NC(=O)CCl)cc1NC(=O)c1nnc2cc(Br)ccn12. The minimum atomic E-state index is -0.444. The summed E-state index contributed by atoms with van der Waals surface area (Å²) in [6.07, 6.45) is 3.18. The van der Waals surface area contributed by atoms with Gasteiger partial charge in [-0.1, -0.05) is 15.9 Å². The Kier molecular flexibility index (Phi) is 4.95. The van der Waals surface area contributed by atoms with E-state index in [4.69, 9.17) is 11.6 Å². The van der Waals surface area contributed by atoms with E-state index in [1.165, 1.54) is 6.20 Å². The van der Waals surface area contributed by atoms with Gasteiger partial charge < -0.3 is 10.6 Å². The first kappa shape index (κ1) is 17.3. The molecule has 3 rings (SSSR count). The molecule has 0 aromatic carbocycles. The van der Waals surface area contributed by atoms with Crippen LogP contribution in [0.25, 0.3) is 5.65 Å². The van der Waals surface area contributed by atoms with Crippen LogP contribution in [0.2, 0.25) is 0 Å². The van der Waals surface area contributed by atoms with Crippen LogP contribution in [0.1, 0.15) is 16.3 Å². The Morgan fingerprint density at radius 3 is 2.84 bits per heavy atom. The van der Waals surface area contributed by atoms with Gasteiger partial charge >= 0.3 is 0 Å². The summed E-state index contributed by atoms with van der Waals surface area (Å²) in [6.45, 7) is 1.74. The molecular weight excluding hydrogens is 412 g/mol. The van der Waals surface area contributed by atoms with Crippen molar-refractivity contribution in [2.24, 2.45) is 0 Å². The highest BCUT2D eigenvalue weighted by Gasteiger charge is 2.16. The number of carbonyl (C=O) groups excluding carboxylic acids is 2. The summed E-state index contributed by atoms with van der Waals surface area (Å²) in [6, 6.07) is 5.13. The largest absolute Gasteiger partial charge is 0.324 e. The van der Waals surface area contributed by atoms with Gasteiger partial charge in [-0.25, -0.2) is 0 Å². The van der Waals surface area contributed by atoms with E-state index in [0.29, 0.717) is 22.7 Å². The summed E-state index contributed by atoms with van der Waals surface area (Å²) >= 11 is 8.81. The fourth-order valence-electron chi connectivity index (χ4n) is 2.12. The maximum atomic E-state index is 12.5. The van der Waals surface area contributed by atoms with Crippen molar-refractivity contribution < 1.29 is 9.59 Å². The van der Waals surface area contributed by atoms with Gasteiger partial charge in [-0.15, -0.1) is 21.8 Å². The van der Waals surface area contributed by atoms with E-state index in [2.05, 4.69) is 41.7 Å². The van der Waals surface area contributed by atoms with Crippen molar-refractivity contribution in [1.82, 2.24) is 19.6 Å². The van der Waals surface area contributed by atoms with Crippen molar-refractivity contribution in [3.63, 3.8) is 0 Å². The van der Waals surface area contributed by atoms with Crippen molar-refractivity contribution in [2.75, 3.05) is 16.5 Å². The third-order valence-electron chi connectivity index (χ3n) is 3.32. The van der Waals surface area contributed by atoms with Crippen LogP contribution in [0.4, 0.5) is 11.4 Å². The van der Waals surface area contributed by atoms with Crippen LogP contribution in [0, 0.1) is 6.92 Å². The standard InChI is InChI=1S/C15H12BrClN6O2/c1-8-11(5-10(7-18-8)19-13(24)6-17)20-15(25)14-22-21-12-4-9(16)2-3-23(12)14/h2-5,7H,6H2,1H3,(H,19,24)(H,20,25). The fraction of sp³-hybridized carbons (Fsp3) is 0.133. The lowest BCUT2D eigenvalue weighted by Gasteiger charge is -2.10. The number of amides is 2. The number of alkyl halides is 1. The van der Waals surface area contributed by atoms with Crippen LogP contribution in [0.15, 0.2) is 35.1 Å². The van der Waals surface area contributed by atoms with Crippen LogP contribution < -0.4 is 10.6 Å². The van der Waals surface area contributed by atoms with Crippen LogP contribution in [0.5, 0.6) is 0 Å². The highest BCUT2D eigenvalue weighted by Crippen LogP contribution is 2.19. The summed E-state index contributed by atoms with van der Waals surface area (Å²) in [5.74, 6) is -0.840. The van der Waals surface area contributed by atoms with E-state index in [-0.39, 0.29) is 17.6 Å². The van der Waals surface area contributed by atoms with E-state index in [0.717, 1.165) is 4.47 Å². The molecule has 0 aliphatic carbocycles. The maximum Gasteiger partial charge on any atom is 0.294 e. The van der Waals surface area contributed by atoms with Crippen LogP contribution in [-0.4, -0.2) is 37.3 Å². The molecule has 3 aromatic rings. The van der Waals surface area contributed by atoms with E-state index in [1.807, 2.05) is 0 Å². The molecule has 0 radical (unpaired) electrons. The highest BCUT2D eigenvalue weighted by molar-refractivity contribution is 9.10. The number of aromatic nitrogens is 4. The first-order valence-corrected chi connectivity index (χ1v) is 8.45. The molecule has 25 heavy (non-hydrogen) atoms. The predicted octanol–water partition coefficient (Wildman–Crippen LogP) is 2.62. The number of fused-ring (bicyclic) bond motifs is 1. The molecule has 0 aliphatic rings. The number of aryl methyl sites for hydroxylation is 1. The summed E-state index contributed by atoms with van der Waals surface area (Å²) in [4.78, 5) is 28.1. The molecule has 0 unspecified atom stereocenters. The minimum absolute atomic E-state index is 0.136. The Bertz CT molecular complexity index is 974. The van der Waals surface area contributed by atoms with Crippen molar-refractivity contribution in [1.29, 1.82) is 0 Å². The van der Waals surface area contributed by atoms with E-state index in [1.54, 1.807) is 35.7 Å². The number of halogens is 2. The van der Waals surface area contributed by atoms with Crippen LogP contribution in [0.3, 0.4) is 0 Å². The number of rotatable bonds is 4. The van der Waals surface area contributed by atoms with Crippen LogP contribution in [-0.2, 0) is 4.79 Å². The molecule has 0 bridgehead atoms. The average Bonchev–Trinajstić information content (AvgIpc) is 3.00. The molecular formula is C15H12BrClN6O2. The number of anilines is 2. The monoisotopic (exact) mass is 422 g/mol. The summed E-state index contributed by atoms with van der Waals surface area (Å²) in [5.41, 5.74) is 2.01. The zero-order valence-corrected chi connectivity index (χ0v) is 15.3. The van der Waals surface area contributed by atoms with Gasteiger partial charge in [0.25, 0.3) is 5.91 Å². The molecule has 0 atom stereocenters. The molecule has 0 fully saturated rings. The number of nitrogens with one attached hydrogen (secondary N) is 2. The molecule has 8 nitrogen and oxygen atoms in total. The lowest BCUT2D eigenvalue weighted by Crippen LogP contribution is -2.18. The van der Waals surface area contributed by atoms with Crippen molar-refractivity contribution in [3.8, 4) is 0 Å². The summed E-state index contributed by atoms with van der Waals surface area (Å²) in [7, 11) is 0. The van der Waals surface area contributed by atoms with E-state index >= 15 is 0 Å². The fourth-order valence-corrected chi connectivity index (χ4v) is 2.51. The molecule has 0 spiro atoms. The van der Waals surface area contributed by atoms with E-state index < -0.39 is 5.91 Å². The van der Waals surface area contributed by atoms with Gasteiger partial charge in [-0.3, -0.25) is 19.0 Å². The van der Waals surface area contributed by atoms with Crippen molar-refractivity contribution in [3.05, 3.63) is 46.6 Å². The normalized spacial score (nSPS) is 10.7. The van der Waals surface area contributed by atoms with Gasteiger partial charge in [0.05, 0.1) is 23.3 Å². The Balaban J connectivity index is 1.87. The molecule has 2 N–H and O–H groups in total. The third-order valence-corrected chi connectivity index (χ3v) is 4.05. The summed E-state index contributed by atoms with van der Waals surface area (Å²) in [5, 5.41) is 13.2. The zero-order valence-electron chi connectivity index (χ0n) is 13.0. The van der Waals surface area contributed by atoms with Crippen molar-refractivity contribution in [2.45, 2.75) is 6.92 Å². The average molecular weight is 424 g/mol. The third kappa shape index (κ3) is 3.77. The Hall–Kier alpha value is -2.52. The quantitative estimate of drug-likeness (QED) is 0.628. The number of carbonyl (C=O) groups is 2. The number of pyridine rings is 2. The zero-order chi connectivity index (χ0) is 18.0. The molecule has 0 aliphatic heterocycles. The maximum absolute atomic E-state index is 12.5. The second-order valence-corrected chi connectivity index (χ2v) is 6.27. The van der Waals surface area contributed by atoms with Gasteiger partial charge in [0, 0.05) is 10.7 Å². The topological polar surface area (TPSA) is 101 Å². The Morgan fingerprint density at radius 2 is 2.08 bits per heavy atom. The number of hydrogen-bond donors (Lipinski definition) is 2. The molecule has 3 aromatic heterocycles. The molecule has 3 heterocycles. The smallest absolute Gasteiger partial charge is 0.294 e. The lowest BCUT2D eigenvalue weighted by molar-refractivity contribution is -0.113. The molecule has 128 valence electrons. The minimum Gasteiger partial charge on any atom is -0.324 e. The number of nitrogens with zero attached hydrogens (tertiary/aromatic N) is 4. The van der Waals surface area contributed by atoms with Gasteiger partial charge in [-0.2, -0.15) is 0 Å². The predicted molar refractivity (Wildman–Crippen MR) is 97.0 cm³/mol. The molecule has 0 saturated heterocycles. The van der Waals surface area contributed by atoms with Crippen molar-refractivity contribution >= 4 is 56.4 Å². The molecule has 10 heteroatoms. The van der Waals surface area contributed by atoms with Gasteiger partial charge in [0.1, 0.15) is 5.88 Å². The number of hydrogen-bond acceptors (Lipinski definition) is 5.